The molecule has 0 amide bonds. The summed E-state index contributed by atoms with van der Waals surface area (Å²) in [5.41, 5.74) is 3.23. The van der Waals surface area contributed by atoms with Gasteiger partial charge in [0.25, 0.3) is 0 Å². The molecule has 2 rings (SSSR count). The molecule has 1 aliphatic heterocycles. The van der Waals surface area contributed by atoms with E-state index in [1.807, 2.05) is 0 Å². The fourth-order valence-corrected chi connectivity index (χ4v) is 2.76. The predicted molar refractivity (Wildman–Crippen MR) is 84.2 cm³/mol. The van der Waals surface area contributed by atoms with Crippen LogP contribution in [0.25, 0.3) is 0 Å². The smallest absolute Gasteiger partial charge is 0.316 e. The number of nitrogens with zero attached hydrogens (tertiary/aromatic N) is 2. The zero-order valence-corrected chi connectivity index (χ0v) is 12.3. The summed E-state index contributed by atoms with van der Waals surface area (Å²) in [4.78, 5) is 13.2. The zero-order valence-electron chi connectivity index (χ0n) is 12.3. The number of nitrogen functional groups attached to an aromatic ring is 1. The van der Waals surface area contributed by atoms with Crippen LogP contribution in [0.3, 0.4) is 0 Å². The molecular weight excluding hydrogens is 270 g/mol. The molecule has 1 saturated heterocycles. The van der Waals surface area contributed by atoms with Crippen molar-refractivity contribution in [2.75, 3.05) is 36.9 Å². The maximum Gasteiger partial charge on any atom is 0.316 e. The van der Waals surface area contributed by atoms with Gasteiger partial charge in [0.2, 0.25) is 0 Å². The summed E-state index contributed by atoms with van der Waals surface area (Å²) in [5, 5.41) is 14.4. The number of benzene rings is 1. The van der Waals surface area contributed by atoms with Gasteiger partial charge in [-0.05, 0) is 50.5 Å². The molecule has 1 aromatic carbocycles. The summed E-state index contributed by atoms with van der Waals surface area (Å²) < 4.78 is 0. The predicted octanol–water partition coefficient (Wildman–Crippen LogP) is 2.02. The van der Waals surface area contributed by atoms with E-state index in [2.05, 4.69) is 22.6 Å². The molecule has 0 unspecified atom stereocenters. The number of likely N-dealkylation sites (tertiary alicyclic amines) is 1. The molecule has 7 nitrogen and oxygen atoms in total. The molecule has 0 radical (unpaired) electrons. The van der Waals surface area contributed by atoms with E-state index in [0.29, 0.717) is 17.3 Å². The van der Waals surface area contributed by atoms with Crippen molar-refractivity contribution in [1.82, 2.24) is 4.90 Å². The standard InChI is InChI=1S/C14H23N5O2/c1-2-18-8-6-11(7-9-18)10-16-12-4-3-5-13(17-15)14(12)19(20)21/h3-5,11,16-17H,2,6-10,15H2,1H3. The van der Waals surface area contributed by atoms with Crippen LogP contribution < -0.4 is 16.6 Å². The Morgan fingerprint density at radius 3 is 2.62 bits per heavy atom. The number of hydrogen-bond acceptors (Lipinski definition) is 6. The second kappa shape index (κ2) is 7.24. The van der Waals surface area contributed by atoms with E-state index in [1.165, 1.54) is 0 Å². The molecule has 0 aliphatic carbocycles. The van der Waals surface area contributed by atoms with Crippen LogP contribution in [0.15, 0.2) is 18.2 Å². The molecule has 1 fully saturated rings. The van der Waals surface area contributed by atoms with Gasteiger partial charge in [-0.3, -0.25) is 16.0 Å². The van der Waals surface area contributed by atoms with E-state index >= 15 is 0 Å². The van der Waals surface area contributed by atoms with E-state index < -0.39 is 4.92 Å². The van der Waals surface area contributed by atoms with Crippen LogP contribution in [0.1, 0.15) is 19.8 Å². The van der Waals surface area contributed by atoms with Gasteiger partial charge in [-0.15, -0.1) is 0 Å². The first-order valence-corrected chi connectivity index (χ1v) is 7.36. The summed E-state index contributed by atoms with van der Waals surface area (Å²) >= 11 is 0. The van der Waals surface area contributed by atoms with Gasteiger partial charge in [0.15, 0.2) is 0 Å². The lowest BCUT2D eigenvalue weighted by atomic mass is 9.96. The average Bonchev–Trinajstić information content (AvgIpc) is 2.52. The first kappa shape index (κ1) is 15.5. The number of piperidine rings is 1. The van der Waals surface area contributed by atoms with Gasteiger partial charge >= 0.3 is 5.69 Å². The van der Waals surface area contributed by atoms with Crippen molar-refractivity contribution in [3.8, 4) is 0 Å². The van der Waals surface area contributed by atoms with Crippen molar-refractivity contribution < 1.29 is 4.92 Å². The highest BCUT2D eigenvalue weighted by Crippen LogP contribution is 2.32. The molecule has 21 heavy (non-hydrogen) atoms. The van der Waals surface area contributed by atoms with Crippen LogP contribution in [0.5, 0.6) is 0 Å². The molecule has 1 aliphatic rings. The van der Waals surface area contributed by atoms with Crippen LogP contribution in [-0.4, -0.2) is 36.0 Å². The number of nitrogens with one attached hydrogen (secondary N) is 2. The zero-order chi connectivity index (χ0) is 15.2. The molecule has 0 saturated carbocycles. The van der Waals surface area contributed by atoms with Crippen molar-refractivity contribution in [1.29, 1.82) is 0 Å². The number of anilines is 2. The lowest BCUT2D eigenvalue weighted by Crippen LogP contribution is -2.35. The summed E-state index contributed by atoms with van der Waals surface area (Å²) in [6.07, 6.45) is 2.26. The second-order valence-electron chi connectivity index (χ2n) is 5.36. The lowest BCUT2D eigenvalue weighted by Gasteiger charge is -2.31. The molecule has 0 aromatic heterocycles. The van der Waals surface area contributed by atoms with Gasteiger partial charge in [-0.1, -0.05) is 13.0 Å². The van der Waals surface area contributed by atoms with E-state index in [9.17, 15) is 10.1 Å². The summed E-state index contributed by atoms with van der Waals surface area (Å²) in [6, 6.07) is 5.08. The monoisotopic (exact) mass is 293 g/mol. The Morgan fingerprint density at radius 2 is 2.05 bits per heavy atom. The third kappa shape index (κ3) is 3.83. The van der Waals surface area contributed by atoms with Crippen molar-refractivity contribution >= 4 is 17.1 Å². The fourth-order valence-electron chi connectivity index (χ4n) is 2.76. The molecule has 0 spiro atoms. The Balaban J connectivity index is 1.99. The highest BCUT2D eigenvalue weighted by atomic mass is 16.6. The molecule has 1 heterocycles. The minimum atomic E-state index is -0.406. The van der Waals surface area contributed by atoms with Crippen molar-refractivity contribution in [3.63, 3.8) is 0 Å². The molecule has 0 bridgehead atoms. The molecule has 116 valence electrons. The normalized spacial score (nSPS) is 16.7. The SMILES string of the molecule is CCN1CCC(CNc2cccc(NN)c2[N+](=O)[O-])CC1. The maximum absolute atomic E-state index is 11.2. The highest BCUT2D eigenvalue weighted by molar-refractivity contribution is 5.75. The van der Waals surface area contributed by atoms with Gasteiger partial charge in [-0.25, -0.2) is 0 Å². The van der Waals surface area contributed by atoms with Crippen LogP contribution in [0.2, 0.25) is 0 Å². The Kier molecular flexibility index (Phi) is 5.35. The topological polar surface area (TPSA) is 96.5 Å². The van der Waals surface area contributed by atoms with Crippen LogP contribution in [0.4, 0.5) is 17.1 Å². The van der Waals surface area contributed by atoms with Gasteiger partial charge in [0, 0.05) is 6.54 Å². The Labute approximate surface area is 124 Å². The number of hydrogen-bond donors (Lipinski definition) is 3. The van der Waals surface area contributed by atoms with E-state index in [-0.39, 0.29) is 5.69 Å². The average molecular weight is 293 g/mol. The minimum Gasteiger partial charge on any atom is -0.379 e. The van der Waals surface area contributed by atoms with E-state index in [0.717, 1.165) is 39.0 Å². The number of hydrazine groups is 1. The number of nitro groups is 1. The van der Waals surface area contributed by atoms with E-state index in [4.69, 9.17) is 5.84 Å². The third-order valence-electron chi connectivity index (χ3n) is 4.11. The molecule has 7 heteroatoms. The van der Waals surface area contributed by atoms with Gasteiger partial charge in [0.05, 0.1) is 4.92 Å². The lowest BCUT2D eigenvalue weighted by molar-refractivity contribution is -0.383. The minimum absolute atomic E-state index is 0.00555. The number of nitro benzene ring substituents is 1. The molecule has 1 aromatic rings. The molecule has 0 atom stereocenters. The van der Waals surface area contributed by atoms with Crippen molar-refractivity contribution in [2.24, 2.45) is 11.8 Å². The fraction of sp³-hybridized carbons (Fsp3) is 0.571. The van der Waals surface area contributed by atoms with Gasteiger partial charge in [-0.2, -0.15) is 0 Å². The maximum atomic E-state index is 11.2. The first-order valence-electron chi connectivity index (χ1n) is 7.36. The summed E-state index contributed by atoms with van der Waals surface area (Å²) in [7, 11) is 0. The van der Waals surface area contributed by atoms with Crippen LogP contribution in [-0.2, 0) is 0 Å². The Morgan fingerprint density at radius 1 is 1.38 bits per heavy atom. The summed E-state index contributed by atoms with van der Waals surface area (Å²) in [6.45, 7) is 6.24. The third-order valence-corrected chi connectivity index (χ3v) is 4.11. The Bertz CT molecular complexity index is 486. The Hall–Kier alpha value is -1.86. The number of para-hydroxylation sites is 1. The van der Waals surface area contributed by atoms with Crippen LogP contribution >= 0.6 is 0 Å². The van der Waals surface area contributed by atoms with Gasteiger partial charge < -0.3 is 15.6 Å². The van der Waals surface area contributed by atoms with Crippen molar-refractivity contribution in [3.05, 3.63) is 28.3 Å². The summed E-state index contributed by atoms with van der Waals surface area (Å²) in [5.74, 6) is 5.90. The second-order valence-corrected chi connectivity index (χ2v) is 5.36. The number of nitrogens with two attached hydrogens (primary N) is 1. The molecular formula is C14H23N5O2. The molecule has 4 N–H and O–H groups in total. The van der Waals surface area contributed by atoms with Crippen LogP contribution in [0, 0.1) is 16.0 Å². The largest absolute Gasteiger partial charge is 0.379 e. The highest BCUT2D eigenvalue weighted by Gasteiger charge is 2.21. The van der Waals surface area contributed by atoms with E-state index in [1.54, 1.807) is 18.2 Å². The van der Waals surface area contributed by atoms with Gasteiger partial charge in [0.1, 0.15) is 11.4 Å². The first-order chi connectivity index (χ1) is 10.2. The quantitative estimate of drug-likeness (QED) is 0.422. The number of rotatable bonds is 6. The van der Waals surface area contributed by atoms with Crippen molar-refractivity contribution in [2.45, 2.75) is 19.8 Å².